The van der Waals surface area contributed by atoms with Crippen LogP contribution in [-0.4, -0.2) is 87.4 Å². The van der Waals surface area contributed by atoms with Gasteiger partial charge in [0.05, 0.1) is 35.3 Å². The Hall–Kier alpha value is -2.66. The van der Waals surface area contributed by atoms with Crippen LogP contribution < -0.4 is 9.46 Å². The van der Waals surface area contributed by atoms with Crippen molar-refractivity contribution in [3.05, 3.63) is 54.1 Å². The fraction of sp³-hybridized carbons (Fsp3) is 0.594. The zero-order valence-corrected chi connectivity index (χ0v) is 26.2. The Balaban J connectivity index is 1.65. The number of benzene rings is 2. The van der Waals surface area contributed by atoms with Crippen molar-refractivity contribution in [1.82, 2.24) is 9.80 Å². The van der Waals surface area contributed by atoms with Crippen LogP contribution in [0.4, 0.5) is 5.69 Å². The molecule has 9 nitrogen and oxygen atoms in total. The first-order chi connectivity index (χ1) is 20.1. The average Bonchev–Trinajstić information content (AvgIpc) is 3.78. The van der Waals surface area contributed by atoms with Crippen LogP contribution in [0.2, 0.25) is 0 Å². The van der Waals surface area contributed by atoms with Gasteiger partial charge in [-0.1, -0.05) is 25.1 Å². The maximum atomic E-state index is 14.2. The number of anilines is 1. The molecular weight excluding hydrogens is 554 g/mol. The normalized spacial score (nSPS) is 23.5. The van der Waals surface area contributed by atoms with Gasteiger partial charge in [0.25, 0.3) is 15.9 Å². The third kappa shape index (κ3) is 8.92. The molecule has 232 valence electrons. The number of aliphatic hydroxyl groups is 1. The number of amides is 1. The standard InChI is InChI=1S/C32H47N3O6S/c1-23-19-35(24(2)22-36)32(37)29-18-27(33-42(38,39)28-11-6-5-7-12-28)15-16-30(29)41-25(3)10-8-9-17-40-31(23)21-34(4)20-26-13-14-26/h5-7,11-12,15-16,18,23-26,31,33,36H,8-10,13-14,17,19-22H2,1-4H3/t23-,24+,25-,31+/m1/s1. The minimum absolute atomic E-state index is 0.00407. The monoisotopic (exact) mass is 601 g/mol. The lowest BCUT2D eigenvalue weighted by molar-refractivity contribution is -0.0172. The molecule has 4 atom stereocenters. The van der Waals surface area contributed by atoms with Crippen molar-refractivity contribution >= 4 is 21.6 Å². The molecule has 2 aromatic rings. The summed E-state index contributed by atoms with van der Waals surface area (Å²) in [7, 11) is -1.73. The quantitative estimate of drug-likeness (QED) is 0.432. The topological polar surface area (TPSA) is 108 Å². The Labute approximate surface area is 251 Å². The summed E-state index contributed by atoms with van der Waals surface area (Å²) in [6.45, 7) is 8.50. The van der Waals surface area contributed by atoms with Crippen molar-refractivity contribution in [2.75, 3.05) is 44.6 Å². The molecule has 0 bridgehead atoms. The second-order valence-corrected chi connectivity index (χ2v) is 13.8. The number of sulfonamides is 1. The van der Waals surface area contributed by atoms with Crippen LogP contribution in [-0.2, 0) is 14.8 Å². The molecule has 1 amide bonds. The summed E-state index contributed by atoms with van der Waals surface area (Å²) in [5.41, 5.74) is 0.513. The van der Waals surface area contributed by atoms with E-state index in [1.54, 1.807) is 35.2 Å². The summed E-state index contributed by atoms with van der Waals surface area (Å²) in [4.78, 5) is 18.4. The van der Waals surface area contributed by atoms with Gasteiger partial charge in [0.1, 0.15) is 5.75 Å². The molecule has 10 heteroatoms. The second kappa shape index (κ2) is 14.7. The Bertz CT molecular complexity index is 1270. The van der Waals surface area contributed by atoms with E-state index in [0.29, 0.717) is 18.9 Å². The van der Waals surface area contributed by atoms with Gasteiger partial charge in [0.2, 0.25) is 0 Å². The van der Waals surface area contributed by atoms with Gasteiger partial charge in [-0.25, -0.2) is 8.42 Å². The third-order valence-electron chi connectivity index (χ3n) is 8.12. The molecule has 2 aromatic carbocycles. The van der Waals surface area contributed by atoms with E-state index in [9.17, 15) is 18.3 Å². The molecule has 2 N–H and O–H groups in total. The van der Waals surface area contributed by atoms with Crippen molar-refractivity contribution < 1.29 is 27.8 Å². The zero-order valence-electron chi connectivity index (χ0n) is 25.4. The van der Waals surface area contributed by atoms with Crippen molar-refractivity contribution in [3.8, 4) is 5.75 Å². The molecule has 1 fully saturated rings. The molecule has 1 aliphatic carbocycles. The van der Waals surface area contributed by atoms with Crippen LogP contribution >= 0.6 is 0 Å². The summed E-state index contributed by atoms with van der Waals surface area (Å²) >= 11 is 0. The minimum Gasteiger partial charge on any atom is -0.490 e. The van der Waals surface area contributed by atoms with Crippen molar-refractivity contribution in [2.45, 2.75) is 76.0 Å². The number of rotatable bonds is 9. The number of carbonyl (C=O) groups excluding carboxylic acids is 1. The molecule has 1 heterocycles. The lowest BCUT2D eigenvalue weighted by Gasteiger charge is -2.36. The number of hydrogen-bond donors (Lipinski definition) is 2. The van der Waals surface area contributed by atoms with E-state index in [4.69, 9.17) is 9.47 Å². The smallest absolute Gasteiger partial charge is 0.261 e. The Kier molecular flexibility index (Phi) is 11.3. The molecule has 1 aliphatic heterocycles. The summed E-state index contributed by atoms with van der Waals surface area (Å²) in [6.07, 6.45) is 4.95. The van der Waals surface area contributed by atoms with Gasteiger partial charge in [-0.15, -0.1) is 0 Å². The summed E-state index contributed by atoms with van der Waals surface area (Å²) in [6, 6.07) is 12.4. The summed E-state index contributed by atoms with van der Waals surface area (Å²) in [5, 5.41) is 10.1. The van der Waals surface area contributed by atoms with Crippen LogP contribution in [0.3, 0.4) is 0 Å². The maximum absolute atomic E-state index is 14.2. The van der Waals surface area contributed by atoms with Gasteiger partial charge in [0, 0.05) is 37.8 Å². The number of hydrogen-bond acceptors (Lipinski definition) is 7. The van der Waals surface area contributed by atoms with E-state index in [1.807, 2.05) is 13.8 Å². The predicted octanol–water partition coefficient (Wildman–Crippen LogP) is 4.62. The highest BCUT2D eigenvalue weighted by atomic mass is 32.2. The lowest BCUT2D eigenvalue weighted by atomic mass is 10.0. The highest BCUT2D eigenvalue weighted by Crippen LogP contribution is 2.31. The summed E-state index contributed by atoms with van der Waals surface area (Å²) in [5.74, 6) is 0.832. The maximum Gasteiger partial charge on any atom is 0.261 e. The first-order valence-electron chi connectivity index (χ1n) is 15.2. The second-order valence-electron chi connectivity index (χ2n) is 12.1. The van der Waals surface area contributed by atoms with Gasteiger partial charge >= 0.3 is 0 Å². The lowest BCUT2D eigenvalue weighted by Crippen LogP contribution is -2.47. The Morgan fingerprint density at radius 1 is 1.07 bits per heavy atom. The number of carbonyl (C=O) groups is 1. The van der Waals surface area contributed by atoms with Gasteiger partial charge in [-0.3, -0.25) is 9.52 Å². The molecule has 0 radical (unpaired) electrons. The number of nitrogens with zero attached hydrogens (tertiary/aromatic N) is 2. The molecule has 0 unspecified atom stereocenters. The van der Waals surface area contributed by atoms with E-state index >= 15 is 0 Å². The molecule has 0 aromatic heterocycles. The molecule has 4 rings (SSSR count). The number of ether oxygens (including phenoxy) is 2. The van der Waals surface area contributed by atoms with Crippen LogP contribution in [0.1, 0.15) is 63.2 Å². The Morgan fingerprint density at radius 2 is 1.81 bits per heavy atom. The zero-order chi connectivity index (χ0) is 30.3. The fourth-order valence-corrected chi connectivity index (χ4v) is 6.46. The van der Waals surface area contributed by atoms with Gasteiger partial charge in [-0.05, 0) is 89.2 Å². The van der Waals surface area contributed by atoms with E-state index in [1.165, 1.54) is 31.0 Å². The molecule has 0 spiro atoms. The van der Waals surface area contributed by atoms with E-state index in [2.05, 4.69) is 23.6 Å². The number of likely N-dealkylation sites (N-methyl/N-ethyl adjacent to an activating group) is 1. The largest absolute Gasteiger partial charge is 0.490 e. The number of fused-ring (bicyclic) bond motifs is 1. The predicted molar refractivity (Wildman–Crippen MR) is 164 cm³/mol. The minimum atomic E-state index is -3.86. The van der Waals surface area contributed by atoms with E-state index < -0.39 is 16.1 Å². The van der Waals surface area contributed by atoms with Crippen LogP contribution in [0.15, 0.2) is 53.4 Å². The summed E-state index contributed by atoms with van der Waals surface area (Å²) < 4.78 is 41.4. The first-order valence-corrected chi connectivity index (χ1v) is 16.7. The van der Waals surface area contributed by atoms with E-state index in [-0.39, 0.29) is 46.8 Å². The highest BCUT2D eigenvalue weighted by Gasteiger charge is 2.31. The Morgan fingerprint density at radius 3 is 2.50 bits per heavy atom. The molecule has 0 saturated heterocycles. The van der Waals surface area contributed by atoms with Crippen LogP contribution in [0.25, 0.3) is 0 Å². The van der Waals surface area contributed by atoms with Gasteiger partial charge in [0.15, 0.2) is 0 Å². The molecule has 1 saturated carbocycles. The van der Waals surface area contributed by atoms with Crippen LogP contribution in [0.5, 0.6) is 5.75 Å². The fourth-order valence-electron chi connectivity index (χ4n) is 5.39. The number of nitrogens with one attached hydrogen (secondary N) is 1. The van der Waals surface area contributed by atoms with E-state index in [0.717, 1.165) is 38.3 Å². The molecule has 2 aliphatic rings. The number of aliphatic hydroxyl groups excluding tert-OH is 1. The van der Waals surface area contributed by atoms with Crippen molar-refractivity contribution in [3.63, 3.8) is 0 Å². The molecule has 42 heavy (non-hydrogen) atoms. The van der Waals surface area contributed by atoms with Gasteiger partial charge < -0.3 is 24.4 Å². The third-order valence-corrected chi connectivity index (χ3v) is 9.51. The SMILES string of the molecule is C[C@@H]1CCCCO[C@@H](CN(C)CC2CC2)[C@H](C)CN([C@@H](C)CO)C(=O)c2cc(NS(=O)(=O)c3ccccc3)ccc2O1. The van der Waals surface area contributed by atoms with Crippen molar-refractivity contribution in [1.29, 1.82) is 0 Å². The van der Waals surface area contributed by atoms with Crippen LogP contribution in [0, 0.1) is 11.8 Å². The van der Waals surface area contributed by atoms with Crippen molar-refractivity contribution in [2.24, 2.45) is 11.8 Å². The first kappa shape index (κ1) is 32.3. The van der Waals surface area contributed by atoms with Gasteiger partial charge in [-0.2, -0.15) is 0 Å². The highest BCUT2D eigenvalue weighted by molar-refractivity contribution is 7.92. The average molecular weight is 602 g/mol. The molecular formula is C32H47N3O6S.